The van der Waals surface area contributed by atoms with Crippen molar-refractivity contribution in [3.63, 3.8) is 0 Å². The summed E-state index contributed by atoms with van der Waals surface area (Å²) in [5.74, 6) is -2.45. The molecule has 0 bridgehead atoms. The van der Waals surface area contributed by atoms with Gasteiger partial charge in [0.1, 0.15) is 17.3 Å². The summed E-state index contributed by atoms with van der Waals surface area (Å²) in [5.41, 5.74) is -0.407. The quantitative estimate of drug-likeness (QED) is 0.728. The van der Waals surface area contributed by atoms with Crippen molar-refractivity contribution in [1.82, 2.24) is 9.55 Å². The molecular formula is C11H8F2N2O. The zero-order chi connectivity index (χ0) is 11.7. The van der Waals surface area contributed by atoms with Gasteiger partial charge < -0.3 is 4.57 Å². The Balaban J connectivity index is 2.54. The van der Waals surface area contributed by atoms with Gasteiger partial charge in [-0.25, -0.2) is 13.8 Å². The lowest BCUT2D eigenvalue weighted by atomic mass is 10.1. The Hall–Kier alpha value is -2.04. The van der Waals surface area contributed by atoms with Crippen molar-refractivity contribution in [2.24, 2.45) is 7.05 Å². The molecule has 0 aliphatic carbocycles. The average Bonchev–Trinajstić information content (AvgIpc) is 2.64. The van der Waals surface area contributed by atoms with Gasteiger partial charge in [-0.15, -0.1) is 0 Å². The van der Waals surface area contributed by atoms with Crippen LogP contribution in [0.4, 0.5) is 8.78 Å². The van der Waals surface area contributed by atoms with Crippen LogP contribution in [0.15, 0.2) is 30.7 Å². The second-order valence-electron chi connectivity index (χ2n) is 3.32. The van der Waals surface area contributed by atoms with E-state index in [9.17, 15) is 13.6 Å². The first-order chi connectivity index (χ1) is 7.61. The molecule has 0 saturated heterocycles. The fourth-order valence-corrected chi connectivity index (χ4v) is 1.42. The Labute approximate surface area is 90.3 Å². The molecule has 5 heteroatoms. The van der Waals surface area contributed by atoms with Crippen molar-refractivity contribution >= 4 is 5.78 Å². The lowest BCUT2D eigenvalue weighted by molar-refractivity contribution is 0.102. The number of carbonyl (C=O) groups excluding carboxylic acids is 1. The predicted molar refractivity (Wildman–Crippen MR) is 53.0 cm³/mol. The third-order valence-electron chi connectivity index (χ3n) is 2.24. The predicted octanol–water partition coefficient (Wildman–Crippen LogP) is 1.93. The van der Waals surface area contributed by atoms with Crippen LogP contribution in [0.5, 0.6) is 0 Å². The van der Waals surface area contributed by atoms with Crippen molar-refractivity contribution in [3.8, 4) is 0 Å². The van der Waals surface area contributed by atoms with Crippen molar-refractivity contribution in [2.75, 3.05) is 0 Å². The van der Waals surface area contributed by atoms with E-state index >= 15 is 0 Å². The number of ketones is 1. The average molecular weight is 222 g/mol. The molecule has 1 aromatic carbocycles. The van der Waals surface area contributed by atoms with Crippen LogP contribution in [-0.4, -0.2) is 15.3 Å². The van der Waals surface area contributed by atoms with Gasteiger partial charge in [0, 0.05) is 7.05 Å². The molecule has 82 valence electrons. The van der Waals surface area contributed by atoms with E-state index in [1.54, 1.807) is 7.05 Å². The number of hydrogen-bond donors (Lipinski definition) is 0. The molecule has 0 unspecified atom stereocenters. The highest BCUT2D eigenvalue weighted by molar-refractivity contribution is 6.08. The van der Waals surface area contributed by atoms with Crippen LogP contribution in [0.25, 0.3) is 0 Å². The number of halogens is 2. The first-order valence-corrected chi connectivity index (χ1v) is 4.56. The number of imidazole rings is 1. The molecule has 0 aliphatic rings. The normalized spacial score (nSPS) is 10.4. The van der Waals surface area contributed by atoms with E-state index in [0.29, 0.717) is 0 Å². The number of aryl methyl sites for hydroxylation is 1. The van der Waals surface area contributed by atoms with Crippen LogP contribution < -0.4 is 0 Å². The van der Waals surface area contributed by atoms with Crippen LogP contribution in [0, 0.1) is 11.6 Å². The summed E-state index contributed by atoms with van der Waals surface area (Å²) in [7, 11) is 1.58. The third-order valence-corrected chi connectivity index (χ3v) is 2.24. The second kappa shape index (κ2) is 3.84. The van der Waals surface area contributed by atoms with Crippen LogP contribution in [0.3, 0.4) is 0 Å². The first kappa shape index (κ1) is 10.5. The Bertz CT molecular complexity index is 528. The largest absolute Gasteiger partial charge is 0.331 e. The van der Waals surface area contributed by atoms with E-state index in [1.165, 1.54) is 23.2 Å². The number of aromatic nitrogens is 2. The highest BCUT2D eigenvalue weighted by Crippen LogP contribution is 2.16. The Morgan fingerprint density at radius 3 is 2.44 bits per heavy atom. The highest BCUT2D eigenvalue weighted by Gasteiger charge is 2.20. The van der Waals surface area contributed by atoms with Gasteiger partial charge >= 0.3 is 0 Å². The fourth-order valence-electron chi connectivity index (χ4n) is 1.42. The minimum atomic E-state index is -0.869. The van der Waals surface area contributed by atoms with Gasteiger partial charge in [-0.2, -0.15) is 0 Å². The molecule has 1 aromatic heterocycles. The van der Waals surface area contributed by atoms with E-state index in [-0.39, 0.29) is 5.69 Å². The maximum atomic E-state index is 13.3. The number of hydrogen-bond acceptors (Lipinski definition) is 2. The molecular weight excluding hydrogens is 214 g/mol. The summed E-state index contributed by atoms with van der Waals surface area (Å²) in [5, 5.41) is 0. The number of benzene rings is 1. The fraction of sp³-hybridized carbons (Fsp3) is 0.0909. The lowest BCUT2D eigenvalue weighted by Gasteiger charge is -2.04. The molecule has 3 nitrogen and oxygen atoms in total. The van der Waals surface area contributed by atoms with E-state index in [2.05, 4.69) is 4.98 Å². The van der Waals surface area contributed by atoms with E-state index in [0.717, 1.165) is 12.1 Å². The van der Waals surface area contributed by atoms with Gasteiger partial charge in [0.05, 0.1) is 18.1 Å². The van der Waals surface area contributed by atoms with E-state index in [1.807, 2.05) is 0 Å². The monoisotopic (exact) mass is 222 g/mol. The molecule has 16 heavy (non-hydrogen) atoms. The van der Waals surface area contributed by atoms with Crippen LogP contribution in [0.2, 0.25) is 0 Å². The molecule has 0 spiro atoms. The Morgan fingerprint density at radius 2 is 1.94 bits per heavy atom. The highest BCUT2D eigenvalue weighted by atomic mass is 19.1. The molecule has 0 saturated carbocycles. The summed E-state index contributed by atoms with van der Waals surface area (Å²) in [6, 6.07) is 3.31. The summed E-state index contributed by atoms with van der Waals surface area (Å²) in [6.45, 7) is 0. The van der Waals surface area contributed by atoms with Gasteiger partial charge in [0.15, 0.2) is 0 Å². The first-order valence-electron chi connectivity index (χ1n) is 4.56. The summed E-state index contributed by atoms with van der Waals surface area (Å²) in [4.78, 5) is 15.6. The standard InChI is InChI=1S/C11H8F2N2O/c1-15-6-14-5-9(15)11(16)10-7(12)3-2-4-8(10)13/h2-6H,1H3. The smallest absolute Gasteiger partial charge is 0.216 e. The van der Waals surface area contributed by atoms with Gasteiger partial charge in [-0.1, -0.05) is 6.07 Å². The van der Waals surface area contributed by atoms with Gasteiger partial charge in [0.25, 0.3) is 0 Å². The molecule has 0 atom stereocenters. The van der Waals surface area contributed by atoms with Crippen molar-refractivity contribution in [2.45, 2.75) is 0 Å². The minimum Gasteiger partial charge on any atom is -0.331 e. The Kier molecular flexibility index (Phi) is 2.52. The number of nitrogens with zero attached hydrogens (tertiary/aromatic N) is 2. The van der Waals surface area contributed by atoms with Crippen LogP contribution in [-0.2, 0) is 7.05 Å². The van der Waals surface area contributed by atoms with Crippen molar-refractivity contribution in [3.05, 3.63) is 53.6 Å². The zero-order valence-electron chi connectivity index (χ0n) is 8.45. The molecule has 0 amide bonds. The number of carbonyl (C=O) groups is 1. The second-order valence-corrected chi connectivity index (χ2v) is 3.32. The summed E-state index contributed by atoms with van der Waals surface area (Å²) < 4.78 is 28.1. The SMILES string of the molecule is Cn1cncc1C(=O)c1c(F)cccc1F. The maximum absolute atomic E-state index is 13.3. The molecule has 0 N–H and O–H groups in total. The zero-order valence-corrected chi connectivity index (χ0v) is 8.45. The van der Waals surface area contributed by atoms with E-state index in [4.69, 9.17) is 0 Å². The van der Waals surface area contributed by atoms with Crippen molar-refractivity contribution < 1.29 is 13.6 Å². The molecule has 0 radical (unpaired) electrons. The van der Waals surface area contributed by atoms with Gasteiger partial charge in [-0.3, -0.25) is 4.79 Å². The molecule has 2 aromatic rings. The van der Waals surface area contributed by atoms with Crippen LogP contribution >= 0.6 is 0 Å². The van der Waals surface area contributed by atoms with Gasteiger partial charge in [0.2, 0.25) is 5.78 Å². The molecule has 0 fully saturated rings. The number of rotatable bonds is 2. The van der Waals surface area contributed by atoms with Crippen LogP contribution in [0.1, 0.15) is 16.1 Å². The Morgan fingerprint density at radius 1 is 1.31 bits per heavy atom. The maximum Gasteiger partial charge on any atom is 0.216 e. The third kappa shape index (κ3) is 1.60. The molecule has 0 aliphatic heterocycles. The topological polar surface area (TPSA) is 34.9 Å². The molecule has 2 rings (SSSR count). The molecule has 1 heterocycles. The van der Waals surface area contributed by atoms with Gasteiger partial charge in [-0.05, 0) is 12.1 Å². The van der Waals surface area contributed by atoms with E-state index < -0.39 is 23.0 Å². The van der Waals surface area contributed by atoms with Crippen molar-refractivity contribution in [1.29, 1.82) is 0 Å². The minimum absolute atomic E-state index is 0.143. The lowest BCUT2D eigenvalue weighted by Crippen LogP contribution is -2.11. The summed E-state index contributed by atoms with van der Waals surface area (Å²) >= 11 is 0. The summed E-state index contributed by atoms with van der Waals surface area (Å²) in [6.07, 6.45) is 2.67.